The minimum Gasteiger partial charge on any atom is -0.323 e. The van der Waals surface area contributed by atoms with E-state index in [0.29, 0.717) is 0 Å². The van der Waals surface area contributed by atoms with E-state index < -0.39 is 0 Å². The molecule has 1 atom stereocenters. The fraction of sp³-hybridized carbons (Fsp3) is 0.200. The Kier molecular flexibility index (Phi) is 5.34. The third-order valence-electron chi connectivity index (χ3n) is 2.87. The Morgan fingerprint density at radius 2 is 1.89 bits per heavy atom. The Balaban J connectivity index is 1.98. The minimum absolute atomic E-state index is 0.00764. The average Bonchev–Trinajstić information content (AvgIpc) is 2.41. The molecule has 0 bridgehead atoms. The summed E-state index contributed by atoms with van der Waals surface area (Å²) >= 11 is 11.3. The van der Waals surface area contributed by atoms with Gasteiger partial charge in [-0.05, 0) is 48.4 Å². The van der Waals surface area contributed by atoms with Gasteiger partial charge in [0, 0.05) is 26.2 Å². The third kappa shape index (κ3) is 4.25. The van der Waals surface area contributed by atoms with E-state index in [1.165, 1.54) is 4.90 Å². The van der Waals surface area contributed by atoms with E-state index in [1.807, 2.05) is 37.3 Å². The summed E-state index contributed by atoms with van der Waals surface area (Å²) in [5.74, 6) is 0.834. The number of hydrogen-bond acceptors (Lipinski definition) is 2. The number of hydrogen-bond donors (Lipinski definition) is 1. The number of aryl methyl sites for hydroxylation is 1. The molecule has 0 saturated carbocycles. The van der Waals surface area contributed by atoms with Crippen LogP contribution >= 0.6 is 39.3 Å². The van der Waals surface area contributed by atoms with Crippen LogP contribution in [0, 0.1) is 6.92 Å². The molecule has 0 saturated heterocycles. The topological polar surface area (TPSA) is 26.0 Å². The highest BCUT2D eigenvalue weighted by atomic mass is 79.9. The van der Waals surface area contributed by atoms with Crippen LogP contribution in [-0.2, 0) is 0 Å². The van der Waals surface area contributed by atoms with Gasteiger partial charge in [0.25, 0.3) is 0 Å². The molecular weight excluding hydrogens is 342 g/mol. The molecule has 2 aromatic rings. The smallest absolute Gasteiger partial charge is 0.0438 e. The molecule has 0 heterocycles. The first kappa shape index (κ1) is 14.9. The summed E-state index contributed by atoms with van der Waals surface area (Å²) < 4.78 is 1.09. The van der Waals surface area contributed by atoms with Crippen molar-refractivity contribution in [3.63, 3.8) is 0 Å². The van der Waals surface area contributed by atoms with Crippen LogP contribution in [-0.4, -0.2) is 5.75 Å². The van der Waals surface area contributed by atoms with E-state index in [2.05, 4.69) is 28.1 Å². The van der Waals surface area contributed by atoms with Crippen LogP contribution in [0.3, 0.4) is 0 Å². The number of thioether (sulfide) groups is 1. The molecule has 2 aromatic carbocycles. The second kappa shape index (κ2) is 6.80. The molecule has 0 fully saturated rings. The Labute approximate surface area is 131 Å². The van der Waals surface area contributed by atoms with Gasteiger partial charge in [-0.2, -0.15) is 0 Å². The van der Waals surface area contributed by atoms with Crippen LogP contribution in [0.1, 0.15) is 17.2 Å². The molecule has 0 aromatic heterocycles. The highest BCUT2D eigenvalue weighted by molar-refractivity contribution is 9.10. The molecule has 1 unspecified atom stereocenters. The van der Waals surface area contributed by atoms with Gasteiger partial charge in [0.15, 0.2) is 0 Å². The summed E-state index contributed by atoms with van der Waals surface area (Å²) in [7, 11) is 0. The van der Waals surface area contributed by atoms with Crippen molar-refractivity contribution in [3.05, 3.63) is 63.1 Å². The zero-order chi connectivity index (χ0) is 13.8. The number of halogens is 2. The normalized spacial score (nSPS) is 12.4. The first-order valence-corrected chi connectivity index (χ1v) is 8.12. The summed E-state index contributed by atoms with van der Waals surface area (Å²) in [6.07, 6.45) is 0. The number of nitrogens with two attached hydrogens (primary N) is 1. The molecule has 4 heteroatoms. The SMILES string of the molecule is Cc1ccc(C(N)CSc2ccc(Br)cc2)cc1Cl. The fourth-order valence-corrected chi connectivity index (χ4v) is 3.00. The number of benzene rings is 2. The first-order chi connectivity index (χ1) is 9.06. The Morgan fingerprint density at radius 3 is 2.53 bits per heavy atom. The van der Waals surface area contributed by atoms with E-state index in [0.717, 1.165) is 26.4 Å². The van der Waals surface area contributed by atoms with Crippen LogP contribution in [0.15, 0.2) is 51.8 Å². The maximum Gasteiger partial charge on any atom is 0.0438 e. The zero-order valence-electron chi connectivity index (χ0n) is 10.6. The van der Waals surface area contributed by atoms with Crippen LogP contribution in [0.2, 0.25) is 5.02 Å². The minimum atomic E-state index is -0.00764. The molecule has 2 rings (SSSR count). The van der Waals surface area contributed by atoms with Crippen LogP contribution in [0.25, 0.3) is 0 Å². The maximum absolute atomic E-state index is 6.20. The molecule has 1 nitrogen and oxygen atoms in total. The van der Waals surface area contributed by atoms with Crippen molar-refractivity contribution >= 4 is 39.3 Å². The van der Waals surface area contributed by atoms with Gasteiger partial charge in [0.2, 0.25) is 0 Å². The van der Waals surface area contributed by atoms with Crippen molar-refractivity contribution in [2.45, 2.75) is 17.9 Å². The van der Waals surface area contributed by atoms with Gasteiger partial charge in [-0.3, -0.25) is 0 Å². The molecule has 0 spiro atoms. The van der Waals surface area contributed by atoms with Crippen molar-refractivity contribution in [1.29, 1.82) is 0 Å². The summed E-state index contributed by atoms with van der Waals surface area (Å²) in [5.41, 5.74) is 8.37. The van der Waals surface area contributed by atoms with Crippen molar-refractivity contribution in [1.82, 2.24) is 0 Å². The highest BCUT2D eigenvalue weighted by Crippen LogP contribution is 2.26. The van der Waals surface area contributed by atoms with Gasteiger partial charge in [-0.1, -0.05) is 39.7 Å². The van der Waals surface area contributed by atoms with E-state index in [9.17, 15) is 0 Å². The van der Waals surface area contributed by atoms with Crippen molar-refractivity contribution in [2.24, 2.45) is 5.73 Å². The van der Waals surface area contributed by atoms with Crippen LogP contribution in [0.5, 0.6) is 0 Å². The standard InChI is InChI=1S/C15H15BrClNS/c1-10-2-3-11(8-14(10)17)15(18)9-19-13-6-4-12(16)5-7-13/h2-8,15H,9,18H2,1H3. The predicted molar refractivity (Wildman–Crippen MR) is 88.0 cm³/mol. The fourth-order valence-electron chi connectivity index (χ4n) is 1.65. The molecule has 2 N–H and O–H groups in total. The monoisotopic (exact) mass is 355 g/mol. The summed E-state index contributed by atoms with van der Waals surface area (Å²) in [6, 6.07) is 14.3. The van der Waals surface area contributed by atoms with Crippen molar-refractivity contribution in [2.75, 3.05) is 5.75 Å². The molecule has 0 aliphatic carbocycles. The summed E-state index contributed by atoms with van der Waals surface area (Å²) in [4.78, 5) is 1.22. The quantitative estimate of drug-likeness (QED) is 0.762. The summed E-state index contributed by atoms with van der Waals surface area (Å²) in [5, 5.41) is 0.779. The van der Waals surface area contributed by atoms with Gasteiger partial charge in [0.1, 0.15) is 0 Å². The second-order valence-corrected chi connectivity index (χ2v) is 6.80. The molecule has 0 aliphatic heterocycles. The molecule has 100 valence electrons. The molecule has 19 heavy (non-hydrogen) atoms. The van der Waals surface area contributed by atoms with Gasteiger partial charge < -0.3 is 5.73 Å². The zero-order valence-corrected chi connectivity index (χ0v) is 13.7. The lowest BCUT2D eigenvalue weighted by molar-refractivity contribution is 0.831. The molecular formula is C15H15BrClNS. The Bertz CT molecular complexity index is 557. The summed E-state index contributed by atoms with van der Waals surface area (Å²) in [6.45, 7) is 1.99. The highest BCUT2D eigenvalue weighted by Gasteiger charge is 2.08. The molecule has 0 aliphatic rings. The maximum atomic E-state index is 6.20. The van der Waals surface area contributed by atoms with Crippen molar-refractivity contribution in [3.8, 4) is 0 Å². The van der Waals surface area contributed by atoms with Crippen LogP contribution < -0.4 is 5.73 Å². The third-order valence-corrected chi connectivity index (χ3v) is 4.93. The Morgan fingerprint density at radius 1 is 1.21 bits per heavy atom. The van der Waals surface area contributed by atoms with E-state index in [4.69, 9.17) is 17.3 Å². The van der Waals surface area contributed by atoms with E-state index >= 15 is 0 Å². The van der Waals surface area contributed by atoms with Gasteiger partial charge in [-0.25, -0.2) is 0 Å². The largest absolute Gasteiger partial charge is 0.323 e. The van der Waals surface area contributed by atoms with Gasteiger partial charge in [0.05, 0.1) is 0 Å². The Hall–Kier alpha value is -0.480. The lowest BCUT2D eigenvalue weighted by Gasteiger charge is -2.13. The first-order valence-electron chi connectivity index (χ1n) is 5.96. The van der Waals surface area contributed by atoms with Crippen molar-refractivity contribution < 1.29 is 0 Å². The number of rotatable bonds is 4. The predicted octanol–water partition coefficient (Wildman–Crippen LogP) is 5.20. The second-order valence-electron chi connectivity index (χ2n) is 4.38. The average molecular weight is 357 g/mol. The molecule has 0 radical (unpaired) electrons. The van der Waals surface area contributed by atoms with Crippen LogP contribution in [0.4, 0.5) is 0 Å². The van der Waals surface area contributed by atoms with Gasteiger partial charge >= 0.3 is 0 Å². The van der Waals surface area contributed by atoms with E-state index in [1.54, 1.807) is 11.8 Å². The lowest BCUT2D eigenvalue weighted by atomic mass is 10.1. The van der Waals surface area contributed by atoms with E-state index in [-0.39, 0.29) is 6.04 Å². The lowest BCUT2D eigenvalue weighted by Crippen LogP contribution is -2.12. The molecule has 0 amide bonds. The van der Waals surface area contributed by atoms with Gasteiger partial charge in [-0.15, -0.1) is 11.8 Å².